The van der Waals surface area contributed by atoms with E-state index >= 15 is 0 Å². The van der Waals surface area contributed by atoms with E-state index in [2.05, 4.69) is 10.1 Å². The van der Waals surface area contributed by atoms with Gasteiger partial charge in [-0.25, -0.2) is 0 Å². The number of hydrogen-bond acceptors (Lipinski definition) is 6. The van der Waals surface area contributed by atoms with Crippen LogP contribution in [-0.2, 0) is 9.53 Å². The second-order valence-electron chi connectivity index (χ2n) is 4.02. The zero-order valence-electron chi connectivity index (χ0n) is 12.3. The number of carbonyl (C=O) groups is 1. The molecule has 0 aliphatic heterocycles. The Morgan fingerprint density at radius 2 is 1.65 bits per heavy atom. The lowest BCUT2D eigenvalue weighted by Gasteiger charge is -2.15. The summed E-state index contributed by atoms with van der Waals surface area (Å²) in [6, 6.07) is 3.64. The molecule has 0 heterocycles. The zero-order valence-corrected chi connectivity index (χ0v) is 12.3. The predicted molar refractivity (Wildman–Crippen MR) is 75.8 cm³/mol. The van der Waals surface area contributed by atoms with E-state index in [1.165, 1.54) is 7.11 Å². The first-order valence-corrected chi connectivity index (χ1v) is 6.27. The van der Waals surface area contributed by atoms with Gasteiger partial charge in [0, 0.05) is 30.8 Å². The van der Waals surface area contributed by atoms with Crippen LogP contribution in [0.25, 0.3) is 0 Å². The molecule has 0 radical (unpaired) electrons. The lowest BCUT2D eigenvalue weighted by Crippen LogP contribution is -2.07. The SMILES string of the molecule is COC(=O)CCCNc1cc(OC)c(OC)c(OC)c1. The summed E-state index contributed by atoms with van der Waals surface area (Å²) in [6.07, 6.45) is 1.07. The third-order valence-electron chi connectivity index (χ3n) is 2.78. The number of methoxy groups -OCH3 is 4. The fraction of sp³-hybridized carbons (Fsp3) is 0.500. The van der Waals surface area contributed by atoms with Crippen LogP contribution in [0.1, 0.15) is 12.8 Å². The minimum atomic E-state index is -0.211. The summed E-state index contributed by atoms with van der Waals surface area (Å²) in [5.41, 5.74) is 0.837. The number of hydrogen-bond donors (Lipinski definition) is 1. The number of carbonyl (C=O) groups excluding carboxylic acids is 1. The highest BCUT2D eigenvalue weighted by Gasteiger charge is 2.12. The molecule has 0 fully saturated rings. The first-order valence-electron chi connectivity index (χ1n) is 6.27. The smallest absolute Gasteiger partial charge is 0.305 e. The molecule has 0 bridgehead atoms. The second-order valence-corrected chi connectivity index (χ2v) is 4.02. The molecule has 6 heteroatoms. The van der Waals surface area contributed by atoms with Crippen LogP contribution in [0, 0.1) is 0 Å². The van der Waals surface area contributed by atoms with Gasteiger partial charge in [0.25, 0.3) is 0 Å². The Labute approximate surface area is 119 Å². The Balaban J connectivity index is 2.68. The highest BCUT2D eigenvalue weighted by molar-refractivity contribution is 5.69. The Bertz CT molecular complexity index is 422. The van der Waals surface area contributed by atoms with Gasteiger partial charge in [-0.3, -0.25) is 4.79 Å². The number of benzene rings is 1. The maximum absolute atomic E-state index is 11.0. The molecule has 1 aromatic rings. The monoisotopic (exact) mass is 283 g/mol. The molecule has 0 atom stereocenters. The number of nitrogens with one attached hydrogen (secondary N) is 1. The van der Waals surface area contributed by atoms with Crippen LogP contribution in [0.3, 0.4) is 0 Å². The Hall–Kier alpha value is -2.11. The normalized spacial score (nSPS) is 9.80. The molecular weight excluding hydrogens is 262 g/mol. The van der Waals surface area contributed by atoms with E-state index in [1.807, 2.05) is 12.1 Å². The largest absolute Gasteiger partial charge is 0.493 e. The maximum atomic E-state index is 11.0. The molecule has 0 aromatic heterocycles. The van der Waals surface area contributed by atoms with E-state index in [0.717, 1.165) is 5.69 Å². The highest BCUT2D eigenvalue weighted by Crippen LogP contribution is 2.39. The summed E-state index contributed by atoms with van der Waals surface area (Å²) >= 11 is 0. The van der Waals surface area contributed by atoms with Crippen molar-refractivity contribution >= 4 is 11.7 Å². The lowest BCUT2D eigenvalue weighted by molar-refractivity contribution is -0.140. The van der Waals surface area contributed by atoms with E-state index < -0.39 is 0 Å². The Morgan fingerprint density at radius 1 is 1.05 bits per heavy atom. The van der Waals surface area contributed by atoms with Crippen molar-refractivity contribution in [3.05, 3.63) is 12.1 Å². The average molecular weight is 283 g/mol. The van der Waals surface area contributed by atoms with Gasteiger partial charge in [-0.15, -0.1) is 0 Å². The van der Waals surface area contributed by atoms with Crippen molar-refractivity contribution in [3.8, 4) is 17.2 Å². The van der Waals surface area contributed by atoms with Crippen LogP contribution in [0.15, 0.2) is 12.1 Å². The third-order valence-corrected chi connectivity index (χ3v) is 2.78. The summed E-state index contributed by atoms with van der Waals surface area (Å²) in [4.78, 5) is 11.0. The van der Waals surface area contributed by atoms with E-state index in [9.17, 15) is 4.79 Å². The average Bonchev–Trinajstić information content (AvgIpc) is 2.49. The van der Waals surface area contributed by atoms with E-state index in [0.29, 0.717) is 36.6 Å². The third kappa shape index (κ3) is 4.22. The molecular formula is C14H21NO5. The van der Waals surface area contributed by atoms with Crippen LogP contribution in [-0.4, -0.2) is 41.0 Å². The van der Waals surface area contributed by atoms with Crippen LogP contribution in [0.4, 0.5) is 5.69 Å². The van der Waals surface area contributed by atoms with Crippen molar-refractivity contribution in [1.29, 1.82) is 0 Å². The van der Waals surface area contributed by atoms with Crippen LogP contribution in [0.2, 0.25) is 0 Å². The molecule has 20 heavy (non-hydrogen) atoms. The van der Waals surface area contributed by atoms with Crippen molar-refractivity contribution in [3.63, 3.8) is 0 Å². The van der Waals surface area contributed by atoms with Gasteiger partial charge in [-0.1, -0.05) is 0 Å². The van der Waals surface area contributed by atoms with E-state index in [1.54, 1.807) is 21.3 Å². The molecule has 6 nitrogen and oxygen atoms in total. The van der Waals surface area contributed by atoms with E-state index in [-0.39, 0.29) is 5.97 Å². The summed E-state index contributed by atoms with van der Waals surface area (Å²) < 4.78 is 20.4. The molecule has 0 spiro atoms. The molecule has 1 aromatic carbocycles. The van der Waals surface area contributed by atoms with Gasteiger partial charge in [-0.05, 0) is 6.42 Å². The van der Waals surface area contributed by atoms with Gasteiger partial charge >= 0.3 is 5.97 Å². The summed E-state index contributed by atoms with van der Waals surface area (Å²) in [6.45, 7) is 0.647. The first-order chi connectivity index (χ1) is 9.65. The van der Waals surface area contributed by atoms with Crippen LogP contribution in [0.5, 0.6) is 17.2 Å². The molecule has 1 rings (SSSR count). The Kier molecular flexibility index (Phi) is 6.49. The number of anilines is 1. The molecule has 0 unspecified atom stereocenters. The van der Waals surface area contributed by atoms with Crippen molar-refractivity contribution in [2.24, 2.45) is 0 Å². The van der Waals surface area contributed by atoms with Gasteiger partial charge in [0.2, 0.25) is 5.75 Å². The van der Waals surface area contributed by atoms with Gasteiger partial charge < -0.3 is 24.3 Å². The molecule has 1 N–H and O–H groups in total. The fourth-order valence-electron chi connectivity index (χ4n) is 1.75. The van der Waals surface area contributed by atoms with Crippen molar-refractivity contribution in [1.82, 2.24) is 0 Å². The zero-order chi connectivity index (χ0) is 15.0. The molecule has 0 aliphatic carbocycles. The quantitative estimate of drug-likeness (QED) is 0.582. The van der Waals surface area contributed by atoms with E-state index in [4.69, 9.17) is 14.2 Å². The highest BCUT2D eigenvalue weighted by atomic mass is 16.5. The molecule has 0 saturated heterocycles. The summed E-state index contributed by atoms with van der Waals surface area (Å²) in [5, 5.41) is 3.20. The molecule has 0 amide bonds. The molecule has 112 valence electrons. The maximum Gasteiger partial charge on any atom is 0.305 e. The number of ether oxygens (including phenoxy) is 4. The molecule has 0 saturated carbocycles. The first kappa shape index (κ1) is 15.9. The number of esters is 1. The minimum absolute atomic E-state index is 0.211. The summed E-state index contributed by atoms with van der Waals surface area (Å²) in [7, 11) is 6.08. The van der Waals surface area contributed by atoms with Gasteiger partial charge in [0.05, 0.1) is 28.4 Å². The van der Waals surface area contributed by atoms with Crippen molar-refractivity contribution in [2.45, 2.75) is 12.8 Å². The van der Waals surface area contributed by atoms with Crippen LogP contribution < -0.4 is 19.5 Å². The van der Waals surface area contributed by atoms with Gasteiger partial charge in [0.15, 0.2) is 11.5 Å². The topological polar surface area (TPSA) is 66.0 Å². The van der Waals surface area contributed by atoms with Crippen LogP contribution >= 0.6 is 0 Å². The fourth-order valence-corrected chi connectivity index (χ4v) is 1.75. The standard InChI is InChI=1S/C14H21NO5/c1-17-11-8-10(9-12(18-2)14(11)20-4)15-7-5-6-13(16)19-3/h8-9,15H,5-7H2,1-4H3. The van der Waals surface area contributed by atoms with Gasteiger partial charge in [-0.2, -0.15) is 0 Å². The molecule has 0 aliphatic rings. The Morgan fingerprint density at radius 3 is 2.10 bits per heavy atom. The van der Waals surface area contributed by atoms with Crippen molar-refractivity contribution < 1.29 is 23.7 Å². The second kappa shape index (κ2) is 8.14. The summed E-state index contributed by atoms with van der Waals surface area (Å²) in [5.74, 6) is 1.51. The van der Waals surface area contributed by atoms with Gasteiger partial charge in [0.1, 0.15) is 0 Å². The minimum Gasteiger partial charge on any atom is -0.493 e. The number of rotatable bonds is 8. The lowest BCUT2D eigenvalue weighted by atomic mass is 10.2. The van der Waals surface area contributed by atoms with Crippen molar-refractivity contribution in [2.75, 3.05) is 40.3 Å². The predicted octanol–water partition coefficient (Wildman–Crippen LogP) is 2.08.